The molecule has 2 aromatic carbocycles. The van der Waals surface area contributed by atoms with E-state index in [1.54, 1.807) is 13.8 Å². The average molecular weight is 458 g/mol. The van der Waals surface area contributed by atoms with Crippen LogP contribution >= 0.6 is 0 Å². The molecule has 0 bridgehead atoms. The van der Waals surface area contributed by atoms with Crippen molar-refractivity contribution in [3.63, 3.8) is 0 Å². The Kier molecular flexibility index (Phi) is 6.40. The Bertz CT molecular complexity index is 878. The third kappa shape index (κ3) is 4.50. The second kappa shape index (κ2) is 7.80. The van der Waals surface area contributed by atoms with Crippen molar-refractivity contribution in [3.05, 3.63) is 64.5 Å². The van der Waals surface area contributed by atoms with E-state index in [1.807, 2.05) is 0 Å². The number of rotatable bonds is 5. The van der Waals surface area contributed by atoms with Crippen LogP contribution in [0.2, 0.25) is 39.3 Å². The maximum atomic E-state index is 14.1. The molecule has 1 unspecified atom stereocenters. The summed E-state index contributed by atoms with van der Waals surface area (Å²) >= 11 is 0. The molecule has 0 aliphatic rings. The van der Waals surface area contributed by atoms with Crippen LogP contribution in [0, 0.1) is 19.7 Å². The SMILES string of the molecule is Cc1cc(C(O)(c2ccc(F)cc2)C(F)(F)F)cc(C)c1N([Si](C)(C)C)[Si](C)(C)C. The fraction of sp³-hybridized carbons (Fsp3) is 0.455. The number of benzene rings is 2. The van der Waals surface area contributed by atoms with E-state index in [0.29, 0.717) is 11.1 Å². The molecule has 1 N–H and O–H groups in total. The Morgan fingerprint density at radius 2 is 1.17 bits per heavy atom. The molecule has 0 amide bonds. The maximum Gasteiger partial charge on any atom is 0.425 e. The van der Waals surface area contributed by atoms with E-state index in [1.165, 1.54) is 12.1 Å². The van der Waals surface area contributed by atoms with E-state index in [0.717, 1.165) is 30.0 Å². The summed E-state index contributed by atoms with van der Waals surface area (Å²) in [5.74, 6) is -0.660. The highest BCUT2D eigenvalue weighted by Gasteiger charge is 2.56. The molecule has 166 valence electrons. The highest BCUT2D eigenvalue weighted by molar-refractivity contribution is 6.99. The van der Waals surface area contributed by atoms with Crippen molar-refractivity contribution >= 4 is 22.2 Å². The van der Waals surface area contributed by atoms with E-state index >= 15 is 0 Å². The average Bonchev–Trinajstić information content (AvgIpc) is 2.54. The lowest BCUT2D eigenvalue weighted by molar-refractivity contribution is -0.248. The minimum Gasteiger partial charge on any atom is -0.424 e. The van der Waals surface area contributed by atoms with Crippen molar-refractivity contribution in [3.8, 4) is 0 Å². The van der Waals surface area contributed by atoms with Crippen molar-refractivity contribution in [1.82, 2.24) is 0 Å². The van der Waals surface area contributed by atoms with Gasteiger partial charge in [0.1, 0.15) is 22.3 Å². The Balaban J connectivity index is 2.78. The van der Waals surface area contributed by atoms with E-state index in [2.05, 4.69) is 43.5 Å². The van der Waals surface area contributed by atoms with Gasteiger partial charge in [0.2, 0.25) is 5.60 Å². The van der Waals surface area contributed by atoms with Crippen LogP contribution < -0.4 is 4.23 Å². The molecular weight excluding hydrogens is 426 g/mol. The molecule has 8 heteroatoms. The van der Waals surface area contributed by atoms with Crippen LogP contribution in [0.1, 0.15) is 22.3 Å². The second-order valence-corrected chi connectivity index (χ2v) is 19.9. The number of hydrogen-bond acceptors (Lipinski definition) is 2. The van der Waals surface area contributed by atoms with Crippen LogP contribution in [0.5, 0.6) is 0 Å². The molecule has 1 atom stereocenters. The number of alkyl halides is 3. The van der Waals surface area contributed by atoms with E-state index in [9.17, 15) is 22.7 Å². The topological polar surface area (TPSA) is 23.5 Å². The third-order valence-corrected chi connectivity index (χ3v) is 12.3. The zero-order valence-electron chi connectivity index (χ0n) is 18.9. The molecule has 0 radical (unpaired) electrons. The van der Waals surface area contributed by atoms with Crippen LogP contribution in [0.3, 0.4) is 0 Å². The Morgan fingerprint density at radius 3 is 1.50 bits per heavy atom. The number of aliphatic hydroxyl groups is 1. The largest absolute Gasteiger partial charge is 0.425 e. The highest BCUT2D eigenvalue weighted by Crippen LogP contribution is 2.46. The van der Waals surface area contributed by atoms with Gasteiger partial charge in [-0.3, -0.25) is 0 Å². The Morgan fingerprint density at radius 1 is 0.767 bits per heavy atom. The van der Waals surface area contributed by atoms with Crippen LogP contribution in [0.15, 0.2) is 36.4 Å². The molecule has 0 spiro atoms. The Hall–Kier alpha value is -1.65. The molecule has 0 fully saturated rings. The first-order chi connectivity index (χ1) is 13.4. The predicted octanol–water partition coefficient (Wildman–Crippen LogP) is 6.72. The summed E-state index contributed by atoms with van der Waals surface area (Å²) in [5, 5.41) is 10.9. The molecule has 2 rings (SSSR count). The summed E-state index contributed by atoms with van der Waals surface area (Å²) in [5.41, 5.74) is -1.54. The molecule has 0 aromatic heterocycles. The van der Waals surface area contributed by atoms with Gasteiger partial charge in [0.25, 0.3) is 0 Å². The molecule has 2 nitrogen and oxygen atoms in total. The minimum absolute atomic E-state index is 0.258. The summed E-state index contributed by atoms with van der Waals surface area (Å²) < 4.78 is 58.2. The summed E-state index contributed by atoms with van der Waals surface area (Å²) in [7, 11) is -3.65. The van der Waals surface area contributed by atoms with Crippen molar-refractivity contribution in [2.24, 2.45) is 0 Å². The van der Waals surface area contributed by atoms with Gasteiger partial charge in [-0.2, -0.15) is 13.2 Å². The fourth-order valence-electron chi connectivity index (χ4n) is 4.38. The third-order valence-electron chi connectivity index (χ3n) is 5.15. The lowest BCUT2D eigenvalue weighted by Gasteiger charge is -2.47. The van der Waals surface area contributed by atoms with Crippen molar-refractivity contribution < 1.29 is 22.7 Å². The van der Waals surface area contributed by atoms with Gasteiger partial charge in [0.15, 0.2) is 0 Å². The van der Waals surface area contributed by atoms with Gasteiger partial charge >= 0.3 is 6.18 Å². The monoisotopic (exact) mass is 457 g/mol. The first-order valence-corrected chi connectivity index (χ1v) is 16.8. The quantitative estimate of drug-likeness (QED) is 0.398. The van der Waals surface area contributed by atoms with Crippen LogP contribution in [-0.4, -0.2) is 27.8 Å². The smallest absolute Gasteiger partial charge is 0.424 e. The number of anilines is 1. The fourth-order valence-corrected chi connectivity index (χ4v) is 14.5. The molecule has 0 aliphatic heterocycles. The summed E-state index contributed by atoms with van der Waals surface area (Å²) in [4.78, 5) is 0. The van der Waals surface area contributed by atoms with Gasteiger partial charge in [-0.1, -0.05) is 63.5 Å². The maximum absolute atomic E-state index is 14.1. The Labute approximate surface area is 178 Å². The minimum atomic E-state index is -4.97. The molecule has 0 aliphatic carbocycles. The highest BCUT2D eigenvalue weighted by atomic mass is 28.4. The zero-order chi connectivity index (χ0) is 23.3. The predicted molar refractivity (Wildman–Crippen MR) is 121 cm³/mol. The van der Waals surface area contributed by atoms with E-state index in [4.69, 9.17) is 0 Å². The van der Waals surface area contributed by atoms with E-state index in [-0.39, 0.29) is 5.56 Å². The first-order valence-electron chi connectivity index (χ1n) is 9.88. The van der Waals surface area contributed by atoms with Gasteiger partial charge in [0, 0.05) is 5.69 Å². The van der Waals surface area contributed by atoms with Crippen molar-refractivity contribution in [1.29, 1.82) is 0 Å². The standard InChI is InChI=1S/C22H31F4NOSi2/c1-15-13-18(14-16(2)20(15)27(29(3,4)5)30(6,7)8)21(28,22(24,25)26)17-9-11-19(23)12-10-17/h9-14,28H,1-8H3. The number of halogens is 4. The first kappa shape index (κ1) is 24.6. The van der Waals surface area contributed by atoms with Gasteiger partial charge in [-0.15, -0.1) is 0 Å². The van der Waals surface area contributed by atoms with Crippen molar-refractivity contribution in [2.45, 2.75) is 64.9 Å². The molecule has 0 saturated carbocycles. The van der Waals surface area contributed by atoms with Gasteiger partial charge in [-0.25, -0.2) is 4.39 Å². The summed E-state index contributed by atoms with van der Waals surface area (Å²) in [6.45, 7) is 16.9. The number of hydrogen-bond donors (Lipinski definition) is 1. The van der Waals surface area contributed by atoms with Crippen LogP contribution in [0.25, 0.3) is 0 Å². The van der Waals surface area contributed by atoms with Crippen LogP contribution in [-0.2, 0) is 5.60 Å². The van der Waals surface area contributed by atoms with E-state index < -0.39 is 39.6 Å². The van der Waals surface area contributed by atoms with Crippen LogP contribution in [0.4, 0.5) is 23.2 Å². The second-order valence-electron chi connectivity index (χ2n) is 9.85. The molecule has 2 aromatic rings. The van der Waals surface area contributed by atoms with Crippen molar-refractivity contribution in [2.75, 3.05) is 4.23 Å². The van der Waals surface area contributed by atoms with Gasteiger partial charge < -0.3 is 9.34 Å². The molecule has 30 heavy (non-hydrogen) atoms. The molecule has 0 heterocycles. The van der Waals surface area contributed by atoms with Gasteiger partial charge in [-0.05, 0) is 48.2 Å². The molecular formula is C22H31F4NOSi2. The van der Waals surface area contributed by atoms with Gasteiger partial charge in [0.05, 0.1) is 0 Å². The summed E-state index contributed by atoms with van der Waals surface area (Å²) in [6.07, 6.45) is -4.97. The molecule has 0 saturated heterocycles. The lowest BCUT2D eigenvalue weighted by atomic mass is 9.84. The number of nitrogens with zero attached hydrogens (tertiary/aromatic N) is 1. The number of aryl methyl sites for hydroxylation is 2. The zero-order valence-corrected chi connectivity index (χ0v) is 20.9. The summed E-state index contributed by atoms with van der Waals surface area (Å²) in [6, 6.07) is 6.67. The normalized spacial score (nSPS) is 15.1. The lowest BCUT2D eigenvalue weighted by Crippen LogP contribution is -2.60.